The lowest BCUT2D eigenvalue weighted by molar-refractivity contribution is 0.0734. The van der Waals surface area contributed by atoms with E-state index in [0.717, 1.165) is 5.56 Å². The number of nitrogens with zero attached hydrogens (tertiary/aromatic N) is 3. The number of esters is 1. The van der Waals surface area contributed by atoms with E-state index < -0.39 is 16.0 Å². The molecule has 3 aromatic carbocycles. The van der Waals surface area contributed by atoms with Crippen molar-refractivity contribution in [2.45, 2.75) is 11.3 Å². The van der Waals surface area contributed by atoms with Crippen LogP contribution in [-0.2, 0) is 16.4 Å². The molecule has 0 fully saturated rings. The largest absolute Gasteiger partial charge is 0.423 e. The van der Waals surface area contributed by atoms with Gasteiger partial charge in [-0.05, 0) is 60.5 Å². The quantitative estimate of drug-likeness (QED) is 0.339. The van der Waals surface area contributed by atoms with E-state index >= 15 is 0 Å². The van der Waals surface area contributed by atoms with Gasteiger partial charge in [-0.1, -0.05) is 24.3 Å². The molecule has 0 N–H and O–H groups in total. The predicted molar refractivity (Wildman–Crippen MR) is 116 cm³/mol. The molecule has 0 atom stereocenters. The smallest absolute Gasteiger partial charge is 0.343 e. The summed E-state index contributed by atoms with van der Waals surface area (Å²) in [7, 11) is -3.81. The minimum Gasteiger partial charge on any atom is -0.423 e. The third kappa shape index (κ3) is 3.63. The molecule has 4 aromatic rings. The molecule has 5 rings (SSSR count). The first-order chi connectivity index (χ1) is 15.5. The molecule has 0 unspecified atom stereocenters. The maximum Gasteiger partial charge on any atom is 0.343 e. The maximum absolute atomic E-state index is 13.2. The van der Waals surface area contributed by atoms with Crippen molar-refractivity contribution in [3.05, 3.63) is 90.3 Å². The fourth-order valence-corrected chi connectivity index (χ4v) is 5.15. The third-order valence-corrected chi connectivity index (χ3v) is 6.98. The Morgan fingerprint density at radius 2 is 1.81 bits per heavy atom. The molecule has 1 aliphatic rings. The Balaban J connectivity index is 1.36. The minimum absolute atomic E-state index is 0.0374. The van der Waals surface area contributed by atoms with Gasteiger partial charge >= 0.3 is 5.97 Å². The summed E-state index contributed by atoms with van der Waals surface area (Å²) in [4.78, 5) is 12.7. The summed E-state index contributed by atoms with van der Waals surface area (Å²) >= 11 is 0. The van der Waals surface area contributed by atoms with Crippen LogP contribution in [0.3, 0.4) is 0 Å². The topological polar surface area (TPSA) is 103 Å². The van der Waals surface area contributed by atoms with Crippen LogP contribution in [0.25, 0.3) is 11.5 Å². The van der Waals surface area contributed by atoms with E-state index in [1.54, 1.807) is 30.3 Å². The summed E-state index contributed by atoms with van der Waals surface area (Å²) in [5.74, 6) is -0.00122. The highest BCUT2D eigenvalue weighted by atomic mass is 32.2. The molecule has 1 aliphatic heterocycles. The van der Waals surface area contributed by atoms with E-state index in [9.17, 15) is 13.2 Å². The molecule has 160 valence electrons. The molecule has 1 aromatic heterocycles. The monoisotopic (exact) mass is 447 g/mol. The zero-order chi connectivity index (χ0) is 22.1. The van der Waals surface area contributed by atoms with E-state index in [-0.39, 0.29) is 10.5 Å². The number of benzene rings is 3. The Hall–Kier alpha value is -3.98. The third-order valence-electron chi connectivity index (χ3n) is 5.17. The number of hydrogen-bond acceptors (Lipinski definition) is 7. The number of carbonyl (C=O) groups is 1. The summed E-state index contributed by atoms with van der Waals surface area (Å²) in [5, 5.41) is 7.44. The van der Waals surface area contributed by atoms with Crippen molar-refractivity contribution < 1.29 is 22.4 Å². The lowest BCUT2D eigenvalue weighted by Gasteiger charge is -2.19. The molecule has 0 amide bonds. The van der Waals surface area contributed by atoms with Crippen LogP contribution in [0, 0.1) is 0 Å². The number of para-hydroxylation sites is 1. The molecule has 0 radical (unpaired) electrons. The van der Waals surface area contributed by atoms with Crippen LogP contribution in [0.1, 0.15) is 15.9 Å². The second kappa shape index (κ2) is 7.93. The van der Waals surface area contributed by atoms with E-state index in [2.05, 4.69) is 10.2 Å². The average Bonchev–Trinajstić information content (AvgIpc) is 3.50. The van der Waals surface area contributed by atoms with Crippen LogP contribution in [0.2, 0.25) is 0 Å². The molecule has 32 heavy (non-hydrogen) atoms. The van der Waals surface area contributed by atoms with Gasteiger partial charge in [-0.25, -0.2) is 13.2 Å². The minimum atomic E-state index is -3.81. The second-order valence-electron chi connectivity index (χ2n) is 7.14. The number of fused-ring (bicyclic) bond motifs is 1. The molecule has 0 saturated heterocycles. The highest BCUT2D eigenvalue weighted by Crippen LogP contribution is 2.33. The number of ether oxygens (including phenoxy) is 1. The number of anilines is 1. The van der Waals surface area contributed by atoms with Gasteiger partial charge in [0, 0.05) is 12.1 Å². The van der Waals surface area contributed by atoms with Crippen LogP contribution in [0.15, 0.2) is 88.5 Å². The maximum atomic E-state index is 13.2. The van der Waals surface area contributed by atoms with Gasteiger partial charge in [-0.3, -0.25) is 4.31 Å². The highest BCUT2D eigenvalue weighted by Gasteiger charge is 2.31. The summed E-state index contributed by atoms with van der Waals surface area (Å²) in [6.07, 6.45) is 1.88. The zero-order valence-corrected chi connectivity index (χ0v) is 17.5. The molecule has 9 heteroatoms. The summed E-state index contributed by atoms with van der Waals surface area (Å²) in [6.45, 7) is 0.364. The molecule has 0 spiro atoms. The van der Waals surface area contributed by atoms with Crippen molar-refractivity contribution in [2.75, 3.05) is 10.8 Å². The first-order valence-electron chi connectivity index (χ1n) is 9.82. The predicted octanol–water partition coefficient (Wildman–Crippen LogP) is 3.71. The van der Waals surface area contributed by atoms with Crippen molar-refractivity contribution in [2.24, 2.45) is 0 Å². The molecule has 0 bridgehead atoms. The van der Waals surface area contributed by atoms with E-state index in [1.807, 2.05) is 18.2 Å². The fraction of sp³-hybridized carbons (Fsp3) is 0.0870. The van der Waals surface area contributed by atoms with Gasteiger partial charge in [0.25, 0.3) is 10.0 Å². The summed E-state index contributed by atoms with van der Waals surface area (Å²) < 4.78 is 38.4. The SMILES string of the molecule is O=C(Oc1ccc(-c2nnco2)cc1)c1cccc(S(=O)(=O)N2CCc3ccccc32)c1. The number of carbonyl (C=O) groups excluding carboxylic acids is 1. The highest BCUT2D eigenvalue weighted by molar-refractivity contribution is 7.92. The van der Waals surface area contributed by atoms with Gasteiger partial charge in [0.05, 0.1) is 16.1 Å². The Morgan fingerprint density at radius 1 is 1.00 bits per heavy atom. The summed E-state index contributed by atoms with van der Waals surface area (Å²) in [5.41, 5.74) is 2.47. The molecule has 8 nitrogen and oxygen atoms in total. The Bertz CT molecular complexity index is 1380. The number of rotatable bonds is 5. The lowest BCUT2D eigenvalue weighted by Crippen LogP contribution is -2.29. The Kier molecular flexibility index (Phi) is 4.95. The van der Waals surface area contributed by atoms with E-state index in [0.29, 0.717) is 35.9 Å². The van der Waals surface area contributed by atoms with Crippen molar-refractivity contribution in [3.63, 3.8) is 0 Å². The zero-order valence-electron chi connectivity index (χ0n) is 16.7. The van der Waals surface area contributed by atoms with Gasteiger partial charge in [0.2, 0.25) is 12.3 Å². The van der Waals surface area contributed by atoms with E-state index in [4.69, 9.17) is 9.15 Å². The van der Waals surface area contributed by atoms with E-state index in [1.165, 1.54) is 35.0 Å². The van der Waals surface area contributed by atoms with Gasteiger partial charge in [-0.2, -0.15) is 0 Å². The molecular formula is C23H17N3O5S. The van der Waals surface area contributed by atoms with Crippen molar-refractivity contribution in [1.29, 1.82) is 0 Å². The molecule has 0 saturated carbocycles. The van der Waals surface area contributed by atoms with Gasteiger partial charge < -0.3 is 9.15 Å². The molecular weight excluding hydrogens is 430 g/mol. The number of aromatic nitrogens is 2. The van der Waals surface area contributed by atoms with Gasteiger partial charge in [0.15, 0.2) is 0 Å². The summed E-state index contributed by atoms with van der Waals surface area (Å²) in [6, 6.07) is 19.8. The van der Waals surface area contributed by atoms with Crippen molar-refractivity contribution in [3.8, 4) is 17.2 Å². The van der Waals surface area contributed by atoms with Crippen molar-refractivity contribution >= 4 is 21.7 Å². The Labute approximate surface area is 184 Å². The second-order valence-corrected chi connectivity index (χ2v) is 9.00. The Morgan fingerprint density at radius 3 is 2.59 bits per heavy atom. The van der Waals surface area contributed by atoms with Crippen LogP contribution in [0.5, 0.6) is 5.75 Å². The molecule has 0 aliphatic carbocycles. The first kappa shape index (κ1) is 20.0. The fourth-order valence-electron chi connectivity index (χ4n) is 3.60. The van der Waals surface area contributed by atoms with Gasteiger partial charge in [0.1, 0.15) is 5.75 Å². The lowest BCUT2D eigenvalue weighted by atomic mass is 10.2. The first-order valence-corrected chi connectivity index (χ1v) is 11.3. The normalized spacial score (nSPS) is 13.1. The van der Waals surface area contributed by atoms with Crippen LogP contribution in [0.4, 0.5) is 5.69 Å². The van der Waals surface area contributed by atoms with Crippen LogP contribution in [-0.4, -0.2) is 31.1 Å². The average molecular weight is 447 g/mol. The van der Waals surface area contributed by atoms with Crippen LogP contribution >= 0.6 is 0 Å². The number of hydrogen-bond donors (Lipinski definition) is 0. The standard InChI is InChI=1S/C23H17N3O5S/c27-23(31-19-10-8-17(9-11-19)22-25-24-15-30-22)18-5-3-6-20(14-18)32(28,29)26-13-12-16-4-1-2-7-21(16)26/h1-11,14-15H,12-13H2. The van der Waals surface area contributed by atoms with Gasteiger partial charge in [-0.15, -0.1) is 10.2 Å². The number of sulfonamides is 1. The van der Waals surface area contributed by atoms with Crippen molar-refractivity contribution in [1.82, 2.24) is 10.2 Å². The molecule has 2 heterocycles. The van der Waals surface area contributed by atoms with Crippen LogP contribution < -0.4 is 9.04 Å².